The molecule has 0 aliphatic carbocycles. The predicted molar refractivity (Wildman–Crippen MR) is 80.8 cm³/mol. The van der Waals surface area contributed by atoms with Crippen molar-refractivity contribution in [1.29, 1.82) is 0 Å². The van der Waals surface area contributed by atoms with Crippen LogP contribution in [0.15, 0.2) is 22.7 Å². The van der Waals surface area contributed by atoms with Crippen LogP contribution in [-0.2, 0) is 9.53 Å². The van der Waals surface area contributed by atoms with Crippen LogP contribution in [0.5, 0.6) is 0 Å². The molecule has 0 spiro atoms. The number of aliphatic hydroxyl groups is 1. The number of rotatable bonds is 3. The van der Waals surface area contributed by atoms with Gasteiger partial charge in [0.05, 0.1) is 19.3 Å². The van der Waals surface area contributed by atoms with Crippen LogP contribution in [0.1, 0.15) is 18.6 Å². The Labute approximate surface area is 127 Å². The Hall–Kier alpha value is -1.11. The van der Waals surface area contributed by atoms with Crippen molar-refractivity contribution in [1.82, 2.24) is 5.32 Å². The van der Waals surface area contributed by atoms with Gasteiger partial charge in [-0.25, -0.2) is 0 Å². The van der Waals surface area contributed by atoms with Gasteiger partial charge in [-0.1, -0.05) is 22.0 Å². The van der Waals surface area contributed by atoms with E-state index in [0.29, 0.717) is 19.8 Å². The molecule has 0 bridgehead atoms. The van der Waals surface area contributed by atoms with Crippen molar-refractivity contribution in [2.45, 2.75) is 19.1 Å². The second-order valence-electron chi connectivity index (χ2n) is 4.78. The van der Waals surface area contributed by atoms with E-state index in [9.17, 15) is 9.90 Å². The van der Waals surface area contributed by atoms with Crippen LogP contribution in [0, 0.1) is 0 Å². The Bertz CT molecular complexity index is 493. The minimum atomic E-state index is -0.530. The molecule has 0 saturated carbocycles. The van der Waals surface area contributed by atoms with Gasteiger partial charge >= 0.3 is 0 Å². The summed E-state index contributed by atoms with van der Waals surface area (Å²) < 4.78 is 6.23. The average molecular weight is 343 g/mol. The summed E-state index contributed by atoms with van der Waals surface area (Å²) in [6.07, 6.45) is -0.530. The van der Waals surface area contributed by atoms with Crippen LogP contribution >= 0.6 is 15.9 Å². The zero-order chi connectivity index (χ0) is 14.7. The van der Waals surface area contributed by atoms with E-state index in [1.54, 1.807) is 14.0 Å². The van der Waals surface area contributed by atoms with Crippen LogP contribution in [0.2, 0.25) is 0 Å². The molecule has 5 nitrogen and oxygen atoms in total. The highest BCUT2D eigenvalue weighted by Gasteiger charge is 2.29. The maximum Gasteiger partial charge on any atom is 0.244 e. The number of benzene rings is 1. The van der Waals surface area contributed by atoms with Gasteiger partial charge < -0.3 is 20.1 Å². The third kappa shape index (κ3) is 3.13. The number of nitrogens with one attached hydrogen (secondary N) is 1. The van der Waals surface area contributed by atoms with Gasteiger partial charge in [0.2, 0.25) is 5.91 Å². The molecule has 0 radical (unpaired) electrons. The molecule has 1 amide bonds. The highest BCUT2D eigenvalue weighted by Crippen LogP contribution is 2.29. The molecule has 2 rings (SSSR count). The highest BCUT2D eigenvalue weighted by molar-refractivity contribution is 9.10. The number of likely N-dealkylation sites (N-methyl/N-ethyl adjacent to an activating group) is 1. The zero-order valence-electron chi connectivity index (χ0n) is 11.6. The predicted octanol–water partition coefficient (Wildman–Crippen LogP) is 1.45. The number of carbonyl (C=O) groups is 1. The molecular formula is C14H19BrN2O3. The Balaban J connectivity index is 2.28. The minimum absolute atomic E-state index is 0.0552. The fourth-order valence-electron chi connectivity index (χ4n) is 2.33. The van der Waals surface area contributed by atoms with E-state index in [2.05, 4.69) is 21.2 Å². The summed E-state index contributed by atoms with van der Waals surface area (Å²) >= 11 is 3.47. The molecule has 2 N–H and O–H groups in total. The van der Waals surface area contributed by atoms with Crippen molar-refractivity contribution in [3.63, 3.8) is 0 Å². The second kappa shape index (κ2) is 6.56. The van der Waals surface area contributed by atoms with Crippen molar-refractivity contribution < 1.29 is 14.6 Å². The Morgan fingerprint density at radius 1 is 1.60 bits per heavy atom. The molecule has 0 aromatic heterocycles. The molecule has 1 fully saturated rings. The largest absolute Gasteiger partial charge is 0.389 e. The maximum atomic E-state index is 11.9. The number of carbonyl (C=O) groups excluding carboxylic acids is 1. The number of hydrogen-bond acceptors (Lipinski definition) is 4. The molecular weight excluding hydrogens is 324 g/mol. The third-order valence-corrected chi connectivity index (χ3v) is 4.13. The second-order valence-corrected chi connectivity index (χ2v) is 5.63. The quantitative estimate of drug-likeness (QED) is 0.872. The van der Waals surface area contributed by atoms with Crippen molar-refractivity contribution in [3.8, 4) is 0 Å². The van der Waals surface area contributed by atoms with Crippen LogP contribution < -0.4 is 10.2 Å². The Morgan fingerprint density at radius 3 is 2.95 bits per heavy atom. The van der Waals surface area contributed by atoms with E-state index in [1.165, 1.54) is 0 Å². The number of morpholine rings is 1. The van der Waals surface area contributed by atoms with Gasteiger partial charge in [0.25, 0.3) is 0 Å². The molecule has 1 aromatic carbocycles. The summed E-state index contributed by atoms with van der Waals surface area (Å²) in [6.45, 7) is 3.37. The molecule has 6 heteroatoms. The molecule has 1 heterocycles. The van der Waals surface area contributed by atoms with Gasteiger partial charge in [-0.05, 0) is 24.6 Å². The summed E-state index contributed by atoms with van der Waals surface area (Å²) in [5, 5.41) is 12.3. The number of amides is 1. The van der Waals surface area contributed by atoms with E-state index in [1.807, 2.05) is 23.1 Å². The minimum Gasteiger partial charge on any atom is -0.389 e. The normalized spacial score (nSPS) is 20.6. The molecule has 2 atom stereocenters. The number of aliphatic hydroxyl groups excluding tert-OH is 1. The van der Waals surface area contributed by atoms with Crippen LogP contribution in [0.25, 0.3) is 0 Å². The van der Waals surface area contributed by atoms with E-state index in [0.717, 1.165) is 15.7 Å². The number of anilines is 1. The monoisotopic (exact) mass is 342 g/mol. The lowest BCUT2D eigenvalue weighted by Crippen LogP contribution is -2.53. The highest BCUT2D eigenvalue weighted by atomic mass is 79.9. The summed E-state index contributed by atoms with van der Waals surface area (Å²) in [7, 11) is 1.63. The molecule has 1 aliphatic heterocycles. The molecule has 20 heavy (non-hydrogen) atoms. The van der Waals surface area contributed by atoms with Gasteiger partial charge in [-0.2, -0.15) is 0 Å². The molecule has 1 aromatic rings. The van der Waals surface area contributed by atoms with E-state index in [-0.39, 0.29) is 11.9 Å². The molecule has 2 unspecified atom stereocenters. The number of ether oxygens (including phenoxy) is 1. The fraction of sp³-hybridized carbons (Fsp3) is 0.500. The van der Waals surface area contributed by atoms with Gasteiger partial charge in [0.1, 0.15) is 6.04 Å². The first-order valence-electron chi connectivity index (χ1n) is 6.58. The molecule has 1 aliphatic rings. The smallest absolute Gasteiger partial charge is 0.244 e. The molecule has 1 saturated heterocycles. The summed E-state index contributed by atoms with van der Waals surface area (Å²) in [5.74, 6) is -0.0552. The van der Waals surface area contributed by atoms with Gasteiger partial charge in [-0.15, -0.1) is 0 Å². The first-order valence-corrected chi connectivity index (χ1v) is 7.37. The van der Waals surface area contributed by atoms with Crippen LogP contribution in [0.4, 0.5) is 5.69 Å². The van der Waals surface area contributed by atoms with Crippen molar-refractivity contribution >= 4 is 27.5 Å². The van der Waals surface area contributed by atoms with Gasteiger partial charge in [0.15, 0.2) is 0 Å². The number of hydrogen-bond donors (Lipinski definition) is 2. The van der Waals surface area contributed by atoms with Crippen LogP contribution in [0.3, 0.4) is 0 Å². The fourth-order valence-corrected chi connectivity index (χ4v) is 3.03. The average Bonchev–Trinajstić information content (AvgIpc) is 2.46. The van der Waals surface area contributed by atoms with Crippen molar-refractivity contribution in [3.05, 3.63) is 28.2 Å². The Kier molecular flexibility index (Phi) is 5.01. The SMILES string of the molecule is CNC(=O)C1COCCN1c1ccc(C(C)O)c(Br)c1. The third-order valence-electron chi connectivity index (χ3n) is 3.44. The summed E-state index contributed by atoms with van der Waals surface area (Å²) in [6, 6.07) is 5.41. The van der Waals surface area contributed by atoms with E-state index in [4.69, 9.17) is 4.74 Å². The Morgan fingerprint density at radius 2 is 2.35 bits per heavy atom. The number of nitrogens with zero attached hydrogens (tertiary/aromatic N) is 1. The standard InChI is InChI=1S/C14H19BrN2O3/c1-9(18)11-4-3-10(7-12(11)15)17-5-6-20-8-13(17)14(19)16-2/h3-4,7,9,13,18H,5-6,8H2,1-2H3,(H,16,19). The zero-order valence-corrected chi connectivity index (χ0v) is 13.2. The van der Waals surface area contributed by atoms with E-state index >= 15 is 0 Å². The van der Waals surface area contributed by atoms with Crippen LogP contribution in [-0.4, -0.2) is 43.9 Å². The van der Waals surface area contributed by atoms with E-state index < -0.39 is 6.10 Å². The number of halogens is 1. The van der Waals surface area contributed by atoms with Gasteiger partial charge in [0, 0.05) is 23.8 Å². The van der Waals surface area contributed by atoms with Crippen molar-refractivity contribution in [2.75, 3.05) is 31.7 Å². The summed E-state index contributed by atoms with van der Waals surface area (Å²) in [4.78, 5) is 14.0. The molecule has 110 valence electrons. The summed E-state index contributed by atoms with van der Waals surface area (Å²) in [5.41, 5.74) is 1.77. The lowest BCUT2D eigenvalue weighted by atomic mass is 10.1. The lowest BCUT2D eigenvalue weighted by molar-refractivity contribution is -0.124. The van der Waals surface area contributed by atoms with Gasteiger partial charge in [-0.3, -0.25) is 4.79 Å². The topological polar surface area (TPSA) is 61.8 Å². The first-order chi connectivity index (χ1) is 9.54. The van der Waals surface area contributed by atoms with Crippen molar-refractivity contribution in [2.24, 2.45) is 0 Å². The first kappa shape index (κ1) is 15.3. The lowest BCUT2D eigenvalue weighted by Gasteiger charge is -2.36. The maximum absolute atomic E-state index is 11.9.